The molecule has 0 bridgehead atoms. The maximum absolute atomic E-state index is 8.85. The SMILES string of the molecule is CCCC1CCCC(CN)(OCCO)CC1. The molecule has 0 radical (unpaired) electrons. The van der Waals surface area contributed by atoms with E-state index < -0.39 is 0 Å². The zero-order chi connectivity index (χ0) is 11.9. The third kappa shape index (κ3) is 4.04. The molecule has 3 nitrogen and oxygen atoms in total. The van der Waals surface area contributed by atoms with Crippen LogP contribution in [-0.4, -0.2) is 30.5 Å². The highest BCUT2D eigenvalue weighted by Crippen LogP contribution is 2.34. The molecule has 1 aliphatic rings. The van der Waals surface area contributed by atoms with Crippen molar-refractivity contribution in [2.45, 2.75) is 57.5 Å². The number of nitrogens with two attached hydrogens (primary N) is 1. The van der Waals surface area contributed by atoms with Crippen LogP contribution in [0.1, 0.15) is 51.9 Å². The Labute approximate surface area is 99.4 Å². The molecular formula is C13H27NO2. The van der Waals surface area contributed by atoms with Crippen molar-refractivity contribution in [3.8, 4) is 0 Å². The summed E-state index contributed by atoms with van der Waals surface area (Å²) in [5, 5.41) is 8.85. The van der Waals surface area contributed by atoms with E-state index >= 15 is 0 Å². The van der Waals surface area contributed by atoms with Gasteiger partial charge in [0.2, 0.25) is 0 Å². The van der Waals surface area contributed by atoms with Crippen LogP contribution in [0.4, 0.5) is 0 Å². The van der Waals surface area contributed by atoms with Gasteiger partial charge in [-0.25, -0.2) is 0 Å². The highest BCUT2D eigenvalue weighted by Gasteiger charge is 2.32. The Hall–Kier alpha value is -0.120. The lowest BCUT2D eigenvalue weighted by Gasteiger charge is -2.31. The fourth-order valence-electron chi connectivity index (χ4n) is 2.82. The van der Waals surface area contributed by atoms with Crippen LogP contribution in [0.15, 0.2) is 0 Å². The zero-order valence-electron chi connectivity index (χ0n) is 10.6. The molecule has 2 unspecified atom stereocenters. The summed E-state index contributed by atoms with van der Waals surface area (Å²) < 4.78 is 5.80. The van der Waals surface area contributed by atoms with Crippen molar-refractivity contribution in [1.29, 1.82) is 0 Å². The summed E-state index contributed by atoms with van der Waals surface area (Å²) in [7, 11) is 0. The summed E-state index contributed by atoms with van der Waals surface area (Å²) in [5.74, 6) is 0.858. The zero-order valence-corrected chi connectivity index (χ0v) is 10.6. The van der Waals surface area contributed by atoms with Crippen LogP contribution in [0.5, 0.6) is 0 Å². The summed E-state index contributed by atoms with van der Waals surface area (Å²) in [6.45, 7) is 3.37. The Morgan fingerprint density at radius 1 is 1.38 bits per heavy atom. The summed E-state index contributed by atoms with van der Waals surface area (Å²) >= 11 is 0. The lowest BCUT2D eigenvalue weighted by atomic mass is 9.92. The highest BCUT2D eigenvalue weighted by molar-refractivity contribution is 4.86. The van der Waals surface area contributed by atoms with Crippen molar-refractivity contribution in [3.63, 3.8) is 0 Å². The lowest BCUT2D eigenvalue weighted by Crippen LogP contribution is -2.41. The first kappa shape index (κ1) is 13.9. The molecule has 0 aliphatic heterocycles. The predicted molar refractivity (Wildman–Crippen MR) is 66.3 cm³/mol. The number of ether oxygens (including phenoxy) is 1. The van der Waals surface area contributed by atoms with Gasteiger partial charge in [-0.3, -0.25) is 0 Å². The second kappa shape index (κ2) is 7.25. The van der Waals surface area contributed by atoms with E-state index in [1.165, 1.54) is 32.1 Å². The maximum Gasteiger partial charge on any atom is 0.0805 e. The maximum atomic E-state index is 8.85. The smallest absolute Gasteiger partial charge is 0.0805 e. The average molecular weight is 229 g/mol. The molecule has 1 fully saturated rings. The van der Waals surface area contributed by atoms with Crippen molar-refractivity contribution in [1.82, 2.24) is 0 Å². The van der Waals surface area contributed by atoms with E-state index in [1.807, 2.05) is 0 Å². The standard InChI is InChI=1S/C13H27NO2/c1-2-4-12-5-3-7-13(11-14,8-6-12)16-10-9-15/h12,15H,2-11,14H2,1H3. The largest absolute Gasteiger partial charge is 0.394 e. The van der Waals surface area contributed by atoms with E-state index in [2.05, 4.69) is 6.92 Å². The third-order valence-corrected chi connectivity index (χ3v) is 3.82. The summed E-state index contributed by atoms with van der Waals surface area (Å²) in [4.78, 5) is 0. The average Bonchev–Trinajstić information content (AvgIpc) is 2.51. The molecule has 16 heavy (non-hydrogen) atoms. The highest BCUT2D eigenvalue weighted by atomic mass is 16.5. The van der Waals surface area contributed by atoms with Gasteiger partial charge in [-0.15, -0.1) is 0 Å². The first-order valence-electron chi connectivity index (χ1n) is 6.71. The van der Waals surface area contributed by atoms with Crippen LogP contribution in [0.2, 0.25) is 0 Å². The Kier molecular flexibility index (Phi) is 6.32. The first-order valence-corrected chi connectivity index (χ1v) is 6.71. The molecule has 2 atom stereocenters. The lowest BCUT2D eigenvalue weighted by molar-refractivity contribution is -0.0619. The van der Waals surface area contributed by atoms with E-state index in [9.17, 15) is 0 Å². The molecule has 0 amide bonds. The molecule has 1 rings (SSSR count). The molecule has 1 aliphatic carbocycles. The van der Waals surface area contributed by atoms with Gasteiger partial charge in [0.1, 0.15) is 0 Å². The molecule has 0 aromatic rings. The van der Waals surface area contributed by atoms with Crippen molar-refractivity contribution in [2.75, 3.05) is 19.8 Å². The predicted octanol–water partition coefficient (Wildman–Crippen LogP) is 2.07. The normalized spacial score (nSPS) is 31.3. The third-order valence-electron chi connectivity index (χ3n) is 3.82. The van der Waals surface area contributed by atoms with Gasteiger partial charge in [-0.1, -0.05) is 32.6 Å². The molecule has 3 N–H and O–H groups in total. The van der Waals surface area contributed by atoms with Crippen LogP contribution in [0.3, 0.4) is 0 Å². The van der Waals surface area contributed by atoms with Crippen molar-refractivity contribution >= 4 is 0 Å². The summed E-state index contributed by atoms with van der Waals surface area (Å²) in [5.41, 5.74) is 5.71. The molecule has 96 valence electrons. The van der Waals surface area contributed by atoms with Crippen LogP contribution in [-0.2, 0) is 4.74 Å². The molecule has 1 saturated carbocycles. The van der Waals surface area contributed by atoms with Gasteiger partial charge in [0.25, 0.3) is 0 Å². The molecule has 0 heterocycles. The van der Waals surface area contributed by atoms with Gasteiger partial charge in [0, 0.05) is 6.54 Å². The van der Waals surface area contributed by atoms with E-state index in [0.717, 1.165) is 18.8 Å². The number of aliphatic hydroxyl groups excluding tert-OH is 1. The Morgan fingerprint density at radius 3 is 2.81 bits per heavy atom. The fourth-order valence-corrected chi connectivity index (χ4v) is 2.82. The molecule has 0 spiro atoms. The molecule has 0 aromatic carbocycles. The number of hydrogen-bond donors (Lipinski definition) is 2. The Balaban J connectivity index is 2.46. The van der Waals surface area contributed by atoms with Crippen LogP contribution in [0.25, 0.3) is 0 Å². The molecule has 3 heteroatoms. The fraction of sp³-hybridized carbons (Fsp3) is 1.00. The minimum Gasteiger partial charge on any atom is -0.394 e. The number of hydrogen-bond acceptors (Lipinski definition) is 3. The van der Waals surface area contributed by atoms with Crippen LogP contribution in [0, 0.1) is 5.92 Å². The number of aliphatic hydroxyl groups is 1. The summed E-state index contributed by atoms with van der Waals surface area (Å²) in [6, 6.07) is 0. The number of rotatable bonds is 6. The van der Waals surface area contributed by atoms with Gasteiger partial charge in [-0.05, 0) is 25.2 Å². The van der Waals surface area contributed by atoms with Gasteiger partial charge >= 0.3 is 0 Å². The topological polar surface area (TPSA) is 55.5 Å². The second-order valence-electron chi connectivity index (χ2n) is 5.04. The molecule has 0 aromatic heterocycles. The molecular weight excluding hydrogens is 202 g/mol. The Morgan fingerprint density at radius 2 is 2.19 bits per heavy atom. The molecule has 0 saturated heterocycles. The van der Waals surface area contributed by atoms with Gasteiger partial charge in [-0.2, -0.15) is 0 Å². The van der Waals surface area contributed by atoms with Gasteiger partial charge < -0.3 is 15.6 Å². The minimum atomic E-state index is -0.148. The van der Waals surface area contributed by atoms with Crippen molar-refractivity contribution in [2.24, 2.45) is 11.7 Å². The Bertz CT molecular complexity index is 187. The minimum absolute atomic E-state index is 0.0974. The van der Waals surface area contributed by atoms with Crippen molar-refractivity contribution in [3.05, 3.63) is 0 Å². The summed E-state index contributed by atoms with van der Waals surface area (Å²) in [6.07, 6.45) is 8.50. The van der Waals surface area contributed by atoms with Crippen LogP contribution >= 0.6 is 0 Å². The van der Waals surface area contributed by atoms with E-state index in [4.69, 9.17) is 15.6 Å². The quantitative estimate of drug-likeness (QED) is 0.686. The monoisotopic (exact) mass is 229 g/mol. The second-order valence-corrected chi connectivity index (χ2v) is 5.04. The van der Waals surface area contributed by atoms with E-state index in [0.29, 0.717) is 13.2 Å². The first-order chi connectivity index (χ1) is 7.76. The van der Waals surface area contributed by atoms with Gasteiger partial charge in [0.15, 0.2) is 0 Å². The van der Waals surface area contributed by atoms with Gasteiger partial charge in [0.05, 0.1) is 18.8 Å². The van der Waals surface area contributed by atoms with E-state index in [1.54, 1.807) is 0 Å². The van der Waals surface area contributed by atoms with E-state index in [-0.39, 0.29) is 12.2 Å². The van der Waals surface area contributed by atoms with Crippen molar-refractivity contribution < 1.29 is 9.84 Å². The van der Waals surface area contributed by atoms with Crippen LogP contribution < -0.4 is 5.73 Å².